The third kappa shape index (κ3) is 51.3. The zero-order valence-electron chi connectivity index (χ0n) is 90.2. The average molecular weight is 2090 g/mol. The van der Waals surface area contributed by atoms with E-state index >= 15 is 0 Å². The number of benzene rings is 6. The largest absolute Gasteiger partial charge is 0.772 e. The summed E-state index contributed by atoms with van der Waals surface area (Å²) in [5.41, 5.74) is 31.6. The number of nitrogens with zero attached hydrogens (tertiary/aromatic N) is 6. The van der Waals surface area contributed by atoms with E-state index < -0.39 is 77.0 Å². The quantitative estimate of drug-likeness (QED) is 0.00735. The van der Waals surface area contributed by atoms with E-state index in [1.54, 1.807) is 104 Å². The van der Waals surface area contributed by atoms with Crippen LogP contribution in [0.15, 0.2) is 182 Å². The van der Waals surface area contributed by atoms with Crippen LogP contribution in [0.1, 0.15) is 270 Å². The molecule has 7 aromatic rings. The van der Waals surface area contributed by atoms with Gasteiger partial charge in [0.15, 0.2) is 0 Å². The van der Waals surface area contributed by atoms with Crippen LogP contribution < -0.4 is 72.8 Å². The van der Waals surface area contributed by atoms with E-state index in [0.717, 1.165) is 206 Å². The van der Waals surface area contributed by atoms with Gasteiger partial charge in [0.2, 0.25) is 20.0 Å². The number of hydrogen-bond donors (Lipinski definition) is 10. The molecule has 28 nitrogen and oxygen atoms in total. The minimum atomic E-state index is -3.25. The van der Waals surface area contributed by atoms with Gasteiger partial charge >= 0.3 is 5.97 Å². The van der Waals surface area contributed by atoms with Crippen molar-refractivity contribution in [2.75, 3.05) is 177 Å². The number of nitrogens with one attached hydrogen (secondary N) is 7. The molecule has 2 saturated heterocycles. The zero-order valence-corrected chi connectivity index (χ0v) is 94.2. The molecule has 5 aliphatic rings. The Morgan fingerprint density at radius 1 is 0.375 bits per heavy atom. The Labute approximate surface area is 876 Å². The molecule has 33 heteroatoms. The van der Waals surface area contributed by atoms with Crippen LogP contribution in [0.5, 0.6) is 0 Å². The van der Waals surface area contributed by atoms with E-state index in [9.17, 15) is 47.9 Å². The summed E-state index contributed by atoms with van der Waals surface area (Å²) in [5.74, 6) is -0.0331. The van der Waals surface area contributed by atoms with Crippen molar-refractivity contribution >= 4 is 110 Å². The van der Waals surface area contributed by atoms with Crippen molar-refractivity contribution < 1.29 is 52.7 Å². The molecule has 3 unspecified atom stereocenters. The van der Waals surface area contributed by atoms with Crippen molar-refractivity contribution in [1.29, 1.82) is 0 Å². The monoisotopic (exact) mass is 2090 g/mol. The number of unbranched alkanes of at least 4 members (excludes halogenated alkanes) is 10. The third-order valence-corrected chi connectivity index (χ3v) is 32.5. The van der Waals surface area contributed by atoms with Crippen LogP contribution >= 0.6 is 0 Å². The first-order valence-electron chi connectivity index (χ1n) is 52.7. The van der Waals surface area contributed by atoms with Crippen LogP contribution in [0, 0.1) is 5.92 Å². The number of fused-ring (bicyclic) bond motifs is 1. The molecule has 0 bridgehead atoms. The number of esters is 1. The second-order valence-electron chi connectivity index (χ2n) is 42.2. The van der Waals surface area contributed by atoms with Gasteiger partial charge in [0, 0.05) is 201 Å². The summed E-state index contributed by atoms with van der Waals surface area (Å²) < 4.78 is 118. The lowest BCUT2D eigenvalue weighted by Crippen LogP contribution is -2.50. The Kier molecular flexibility index (Phi) is 59.6. The predicted octanol–water partition coefficient (Wildman–Crippen LogP) is 20.0. The lowest BCUT2D eigenvalue weighted by molar-refractivity contribution is -0.148. The SMILES string of the molecule is CC(C)(C)S(=O)(=O)NCCCCCNc1ccc(N2CCN(C3CCCCC3)CC2)cc1.CC(C)(C)S(=O)[O-].CC(C)(C)S(=O)[O-].CC(C)(C)S(=O)[O-].CCOC(=O)C1CCN(c2ccc(NCCCCCNS(=O)(=O)C(C)(C)C)cc2)CC1.NCCCCCNc1ccc(-n2cccc2)cc1.NCCCCCNc1ccc(N2CC=CCC2)cc1.NCCCCCNc1ccc(N2CCc3ccccc3C2)cc1. The van der Waals surface area contributed by atoms with E-state index in [1.165, 1.54) is 140 Å². The first kappa shape index (κ1) is 126. The van der Waals surface area contributed by atoms with Crippen LogP contribution in [0.3, 0.4) is 0 Å². The molecule has 144 heavy (non-hydrogen) atoms. The number of nitrogens with two attached hydrogens (primary N) is 3. The van der Waals surface area contributed by atoms with Crippen molar-refractivity contribution in [3.8, 4) is 5.69 Å². The molecule has 1 aliphatic carbocycles. The maximum absolute atomic E-state index is 12.0. The van der Waals surface area contributed by atoms with Crippen molar-refractivity contribution in [1.82, 2.24) is 18.9 Å². The minimum absolute atomic E-state index is 0.0286. The lowest BCUT2D eigenvalue weighted by atomic mass is 9.94. The summed E-state index contributed by atoms with van der Waals surface area (Å²) in [6.07, 6.45) is 35.8. The average Bonchev–Trinajstić information content (AvgIpc) is 0.822. The van der Waals surface area contributed by atoms with Gasteiger partial charge in [-0.1, -0.05) is 87.8 Å². The van der Waals surface area contributed by atoms with Gasteiger partial charge in [-0.2, -0.15) is 0 Å². The third-order valence-electron chi connectivity index (χ3n) is 25.1. The van der Waals surface area contributed by atoms with Crippen molar-refractivity contribution in [3.05, 3.63) is 193 Å². The Hall–Kier alpha value is -8.00. The van der Waals surface area contributed by atoms with Crippen LogP contribution in [-0.2, 0) is 75.8 Å². The first-order valence-corrected chi connectivity index (χ1v) is 58.9. The molecule has 12 rings (SSSR count). The molecule has 13 N–H and O–H groups in total. The minimum Gasteiger partial charge on any atom is -0.772 e. The van der Waals surface area contributed by atoms with Crippen LogP contribution in [0.4, 0.5) is 51.2 Å². The molecule has 0 amide bonds. The Morgan fingerprint density at radius 2 is 0.701 bits per heavy atom. The molecule has 1 aromatic heterocycles. The van der Waals surface area contributed by atoms with Crippen LogP contribution in [0.25, 0.3) is 5.69 Å². The Bertz CT molecular complexity index is 4880. The summed E-state index contributed by atoms with van der Waals surface area (Å²) in [4.78, 5) is 24.3. The Balaban J connectivity index is 0.000000305. The highest BCUT2D eigenvalue weighted by molar-refractivity contribution is 7.91. The summed E-state index contributed by atoms with van der Waals surface area (Å²) in [6.45, 7) is 46.3. The van der Waals surface area contributed by atoms with Gasteiger partial charge in [-0.15, -0.1) is 0 Å². The van der Waals surface area contributed by atoms with Crippen LogP contribution in [-0.4, -0.2) is 219 Å². The first-order chi connectivity index (χ1) is 68.4. The molecule has 3 atom stereocenters. The second kappa shape index (κ2) is 67.9. The standard InChI is InChI=1S/C25H44N4O2S.C23H39N3O4S.C20H27N3.C16H25N3.C15H21N3.3C4H10O2S/c1-25(2,3)32(30,31)27-17-9-5-8-16-26-22-12-14-24(15-13-22)29-20-18-28(19-21-29)23-10-6-4-7-11-23;1-5-30-22(27)19-13-17-26(18-14-19)21-11-9-20(10-12-21)24-15-7-6-8-16-25-31(28,29)23(2,3)4;21-13-4-1-5-14-22-19-8-10-20(11-9-19)23-15-12-17-6-2-3-7-18(17)16-23;17-11-3-1-4-12-18-15-7-9-16(10-8-15)19-13-5-2-6-14-19;16-10-2-1-3-11-17-14-6-8-15(9-7-14)18-12-4-5-13-18;3*1-4(2,3)7(5)6/h12-15,23,26-27H,4-11,16-21H2,1-3H3;9-12,19,24-25H,5-8,13-18H2,1-4H3;2-3,6-11,22H,1,4-5,12-16,21H2;2,5,7-10,18H,1,3-4,6,11-14,17H2;4-9,12-13,17H,1-3,10-11,16H2;3*1-3H3,(H,5,6)/p-3. The highest BCUT2D eigenvalue weighted by Crippen LogP contribution is 2.31. The smallest absolute Gasteiger partial charge is 0.309 e. The summed E-state index contributed by atoms with van der Waals surface area (Å²) in [7, 11) is -6.48. The highest BCUT2D eigenvalue weighted by Gasteiger charge is 2.31. The molecule has 4 aliphatic heterocycles. The normalized spacial score (nSPS) is 15.5. The van der Waals surface area contributed by atoms with Gasteiger partial charge in [-0.3, -0.25) is 22.3 Å². The number of ether oxygens (including phenoxy) is 1. The van der Waals surface area contributed by atoms with E-state index in [1.807, 2.05) is 19.1 Å². The van der Waals surface area contributed by atoms with Gasteiger partial charge in [0.25, 0.3) is 0 Å². The maximum atomic E-state index is 12.0. The number of hydrogen-bond acceptors (Lipinski definition) is 25. The summed E-state index contributed by atoms with van der Waals surface area (Å²) in [6, 6.07) is 57.0. The zero-order chi connectivity index (χ0) is 106. The fourth-order valence-corrected chi connectivity index (χ4v) is 17.3. The van der Waals surface area contributed by atoms with E-state index in [0.29, 0.717) is 19.7 Å². The van der Waals surface area contributed by atoms with Gasteiger partial charge < -0.3 is 86.3 Å². The van der Waals surface area contributed by atoms with Gasteiger partial charge in [0.05, 0.1) is 22.0 Å². The number of piperazine rings is 1. The van der Waals surface area contributed by atoms with Crippen LogP contribution in [0.2, 0.25) is 0 Å². The second-order valence-corrected chi connectivity index (χ2v) is 52.3. The molecule has 0 radical (unpaired) electrons. The van der Waals surface area contributed by atoms with E-state index in [4.69, 9.17) is 21.9 Å². The molecule has 0 spiro atoms. The molecule has 3 fully saturated rings. The number of anilines is 9. The highest BCUT2D eigenvalue weighted by atomic mass is 32.2. The maximum Gasteiger partial charge on any atom is 0.309 e. The summed E-state index contributed by atoms with van der Waals surface area (Å²) >= 11 is -5.80. The van der Waals surface area contributed by atoms with Gasteiger partial charge in [-0.05, 0) is 411 Å². The van der Waals surface area contributed by atoms with E-state index in [-0.39, 0.29) is 11.9 Å². The lowest BCUT2D eigenvalue weighted by Gasteiger charge is -2.41. The number of carbonyl (C=O) groups excluding carboxylic acids is 1. The number of rotatable bonds is 42. The van der Waals surface area contributed by atoms with Crippen molar-refractivity contribution in [3.63, 3.8) is 0 Å². The molecule has 6 aromatic carbocycles. The topological polar surface area (TPSA) is 398 Å². The molecule has 1 saturated carbocycles. The van der Waals surface area contributed by atoms with Gasteiger partial charge in [0.1, 0.15) is 0 Å². The number of sulfonamides is 2. The molecule has 812 valence electrons. The van der Waals surface area contributed by atoms with E-state index in [2.05, 4.69) is 235 Å². The van der Waals surface area contributed by atoms with Crippen molar-refractivity contribution in [2.24, 2.45) is 23.1 Å². The molecular formula is C111H183N16O12S5-3. The molecular weight excluding hydrogens is 1910 g/mol. The van der Waals surface area contributed by atoms with Crippen molar-refractivity contribution in [2.45, 2.75) is 301 Å². The number of aromatic nitrogens is 1. The summed E-state index contributed by atoms with van der Waals surface area (Å²) in [5, 5.41) is 17.3. The fraction of sp³-hybridized carbons (Fsp3) is 0.613. The number of carbonyl (C=O) groups is 1. The predicted molar refractivity (Wildman–Crippen MR) is 609 cm³/mol. The fourth-order valence-electron chi connectivity index (χ4n) is 15.6. The number of piperidine rings is 1. The molecule has 5 heterocycles. The van der Waals surface area contributed by atoms with Gasteiger partial charge in [-0.25, -0.2) is 26.3 Å². The Morgan fingerprint density at radius 3 is 1.03 bits per heavy atom.